The standard InChI is InChI=1S/C18H27N5O3S/c1-2-3-6-11-19-18(27)21-20-17(24)14-9-12-22(13-10-14)15-7-4-5-8-16(15)23(25)26/h4-5,7-8,14H,2-3,6,9-13H2,1H3,(H,20,24)(H2,19,21,27). The Morgan fingerprint density at radius 1 is 1.26 bits per heavy atom. The number of hydrogen-bond donors (Lipinski definition) is 3. The number of nitro benzene ring substituents is 1. The van der Waals surface area contributed by atoms with E-state index in [2.05, 4.69) is 23.1 Å². The predicted octanol–water partition coefficient (Wildman–Crippen LogP) is 2.50. The fraction of sp³-hybridized carbons (Fsp3) is 0.556. The average Bonchev–Trinajstić information content (AvgIpc) is 2.69. The predicted molar refractivity (Wildman–Crippen MR) is 109 cm³/mol. The molecule has 0 radical (unpaired) electrons. The summed E-state index contributed by atoms with van der Waals surface area (Å²) in [6, 6.07) is 6.71. The van der Waals surface area contributed by atoms with Crippen LogP contribution in [0.25, 0.3) is 0 Å². The molecule has 8 nitrogen and oxygen atoms in total. The van der Waals surface area contributed by atoms with E-state index in [4.69, 9.17) is 12.2 Å². The summed E-state index contributed by atoms with van der Waals surface area (Å²) in [4.78, 5) is 25.1. The number of nitrogens with zero attached hydrogens (tertiary/aromatic N) is 2. The van der Waals surface area contributed by atoms with Crippen LogP contribution in [0.15, 0.2) is 24.3 Å². The summed E-state index contributed by atoms with van der Waals surface area (Å²) in [7, 11) is 0. The summed E-state index contributed by atoms with van der Waals surface area (Å²) in [5, 5.41) is 14.7. The van der Waals surface area contributed by atoms with Crippen LogP contribution in [-0.4, -0.2) is 35.6 Å². The third kappa shape index (κ3) is 6.35. The van der Waals surface area contributed by atoms with Crippen LogP contribution >= 0.6 is 12.2 Å². The van der Waals surface area contributed by atoms with Crippen molar-refractivity contribution in [2.75, 3.05) is 24.5 Å². The number of anilines is 1. The maximum atomic E-state index is 12.3. The van der Waals surface area contributed by atoms with Crippen molar-refractivity contribution in [1.29, 1.82) is 0 Å². The van der Waals surface area contributed by atoms with Crippen LogP contribution in [-0.2, 0) is 4.79 Å². The molecule has 0 saturated carbocycles. The van der Waals surface area contributed by atoms with Crippen LogP contribution in [0.2, 0.25) is 0 Å². The number of carbonyl (C=O) groups excluding carboxylic acids is 1. The summed E-state index contributed by atoms with van der Waals surface area (Å²) >= 11 is 5.14. The van der Waals surface area contributed by atoms with Crippen molar-refractivity contribution in [2.45, 2.75) is 39.0 Å². The zero-order valence-electron chi connectivity index (χ0n) is 15.6. The molecule has 1 amide bonds. The fourth-order valence-electron chi connectivity index (χ4n) is 3.11. The number of amides is 1. The highest BCUT2D eigenvalue weighted by Gasteiger charge is 2.28. The lowest BCUT2D eigenvalue weighted by atomic mass is 9.95. The van der Waals surface area contributed by atoms with Crippen LogP contribution in [0.5, 0.6) is 0 Å². The number of rotatable bonds is 7. The molecule has 0 aliphatic carbocycles. The SMILES string of the molecule is CCCCCNC(=S)NNC(=O)C1CCN(c2ccccc2[N+](=O)[O-])CC1. The van der Waals surface area contributed by atoms with Crippen LogP contribution in [0, 0.1) is 16.0 Å². The van der Waals surface area contributed by atoms with E-state index in [9.17, 15) is 14.9 Å². The molecule has 3 N–H and O–H groups in total. The van der Waals surface area contributed by atoms with Crippen LogP contribution in [0.3, 0.4) is 0 Å². The molecule has 0 spiro atoms. The summed E-state index contributed by atoms with van der Waals surface area (Å²) in [5.41, 5.74) is 6.11. The van der Waals surface area contributed by atoms with E-state index in [0.29, 0.717) is 36.7 Å². The third-order valence-corrected chi connectivity index (χ3v) is 4.90. The smallest absolute Gasteiger partial charge is 0.292 e. The van der Waals surface area contributed by atoms with Gasteiger partial charge in [-0.2, -0.15) is 0 Å². The second-order valence-corrected chi connectivity index (χ2v) is 6.99. The van der Waals surface area contributed by atoms with E-state index in [1.807, 2.05) is 4.90 Å². The summed E-state index contributed by atoms with van der Waals surface area (Å²) in [6.45, 7) is 4.12. The molecule has 1 aliphatic heterocycles. The monoisotopic (exact) mass is 393 g/mol. The first-order chi connectivity index (χ1) is 13.0. The van der Waals surface area contributed by atoms with E-state index in [-0.39, 0.29) is 22.4 Å². The van der Waals surface area contributed by atoms with Gasteiger partial charge in [0.05, 0.1) is 4.92 Å². The Bertz CT molecular complexity index is 662. The van der Waals surface area contributed by atoms with Crippen molar-refractivity contribution in [3.63, 3.8) is 0 Å². The minimum absolute atomic E-state index is 0.0987. The lowest BCUT2D eigenvalue weighted by Crippen LogP contribution is -2.50. The molecule has 0 aromatic heterocycles. The first kappa shape index (κ1) is 20.9. The van der Waals surface area contributed by atoms with Crippen molar-refractivity contribution in [3.05, 3.63) is 34.4 Å². The maximum absolute atomic E-state index is 12.3. The van der Waals surface area contributed by atoms with Gasteiger partial charge in [0.1, 0.15) is 5.69 Å². The molecule has 0 atom stereocenters. The largest absolute Gasteiger partial charge is 0.366 e. The molecule has 27 heavy (non-hydrogen) atoms. The number of benzene rings is 1. The van der Waals surface area contributed by atoms with Crippen LogP contribution < -0.4 is 21.1 Å². The minimum Gasteiger partial charge on any atom is -0.366 e. The van der Waals surface area contributed by atoms with Gasteiger partial charge in [-0.05, 0) is 37.5 Å². The number of thiocarbonyl (C=S) groups is 1. The molecule has 1 aromatic carbocycles. The van der Waals surface area contributed by atoms with Gasteiger partial charge in [0, 0.05) is 31.6 Å². The Morgan fingerprint density at radius 3 is 2.63 bits per heavy atom. The summed E-state index contributed by atoms with van der Waals surface area (Å²) in [6.07, 6.45) is 4.59. The first-order valence-corrected chi connectivity index (χ1v) is 9.75. The molecular formula is C18H27N5O3S. The quantitative estimate of drug-likeness (QED) is 0.283. The molecular weight excluding hydrogens is 366 g/mol. The highest BCUT2D eigenvalue weighted by atomic mass is 32.1. The molecule has 2 rings (SSSR count). The number of nitro groups is 1. The Kier molecular flexibility index (Phi) is 8.25. The number of para-hydroxylation sites is 2. The van der Waals surface area contributed by atoms with Gasteiger partial charge in [-0.25, -0.2) is 0 Å². The van der Waals surface area contributed by atoms with Gasteiger partial charge in [0.2, 0.25) is 5.91 Å². The molecule has 1 aliphatic rings. The van der Waals surface area contributed by atoms with Crippen LogP contribution in [0.1, 0.15) is 39.0 Å². The van der Waals surface area contributed by atoms with Gasteiger partial charge in [-0.3, -0.25) is 25.8 Å². The van der Waals surface area contributed by atoms with E-state index in [0.717, 1.165) is 25.8 Å². The van der Waals surface area contributed by atoms with E-state index < -0.39 is 0 Å². The highest BCUT2D eigenvalue weighted by Crippen LogP contribution is 2.31. The van der Waals surface area contributed by atoms with Crippen molar-refractivity contribution < 1.29 is 9.72 Å². The number of carbonyl (C=O) groups is 1. The van der Waals surface area contributed by atoms with Gasteiger partial charge >= 0.3 is 0 Å². The normalized spacial score (nSPS) is 14.5. The average molecular weight is 394 g/mol. The number of unbranched alkanes of at least 4 members (excludes halogenated alkanes) is 2. The Balaban J connectivity index is 1.76. The lowest BCUT2D eigenvalue weighted by Gasteiger charge is -2.32. The van der Waals surface area contributed by atoms with Crippen molar-refractivity contribution in [3.8, 4) is 0 Å². The number of piperidine rings is 1. The molecule has 1 fully saturated rings. The topological polar surface area (TPSA) is 99.5 Å². The first-order valence-electron chi connectivity index (χ1n) is 9.35. The molecule has 1 saturated heterocycles. The van der Waals surface area contributed by atoms with Gasteiger partial charge in [0.25, 0.3) is 5.69 Å². The number of nitrogens with one attached hydrogen (secondary N) is 3. The molecule has 0 unspecified atom stereocenters. The molecule has 9 heteroatoms. The molecule has 1 aromatic rings. The summed E-state index contributed by atoms with van der Waals surface area (Å²) in [5.74, 6) is -0.241. The molecule has 0 bridgehead atoms. The summed E-state index contributed by atoms with van der Waals surface area (Å²) < 4.78 is 0. The van der Waals surface area contributed by atoms with Crippen molar-refractivity contribution in [1.82, 2.24) is 16.2 Å². The van der Waals surface area contributed by atoms with Gasteiger partial charge in [0.15, 0.2) is 5.11 Å². The van der Waals surface area contributed by atoms with Crippen LogP contribution in [0.4, 0.5) is 11.4 Å². The minimum atomic E-state index is -0.369. The van der Waals surface area contributed by atoms with Gasteiger partial charge < -0.3 is 10.2 Å². The zero-order valence-corrected chi connectivity index (χ0v) is 16.4. The second kappa shape index (κ2) is 10.7. The Labute approximate surface area is 164 Å². The molecule has 1 heterocycles. The number of hydrazine groups is 1. The maximum Gasteiger partial charge on any atom is 0.292 e. The Hall–Kier alpha value is -2.42. The number of hydrogen-bond acceptors (Lipinski definition) is 5. The van der Waals surface area contributed by atoms with Crippen molar-refractivity contribution in [2.24, 2.45) is 5.92 Å². The zero-order chi connectivity index (χ0) is 19.6. The fourth-order valence-corrected chi connectivity index (χ4v) is 3.26. The third-order valence-electron chi connectivity index (χ3n) is 4.65. The lowest BCUT2D eigenvalue weighted by molar-refractivity contribution is -0.384. The van der Waals surface area contributed by atoms with Gasteiger partial charge in [-0.15, -0.1) is 0 Å². The molecule has 148 valence electrons. The van der Waals surface area contributed by atoms with E-state index in [1.165, 1.54) is 6.07 Å². The second-order valence-electron chi connectivity index (χ2n) is 6.58. The van der Waals surface area contributed by atoms with Crippen molar-refractivity contribution >= 4 is 34.6 Å². The highest BCUT2D eigenvalue weighted by molar-refractivity contribution is 7.80. The van der Waals surface area contributed by atoms with Gasteiger partial charge in [-0.1, -0.05) is 31.9 Å². The Morgan fingerprint density at radius 2 is 1.96 bits per heavy atom. The van der Waals surface area contributed by atoms with E-state index in [1.54, 1.807) is 18.2 Å². The van der Waals surface area contributed by atoms with E-state index >= 15 is 0 Å².